The van der Waals surface area contributed by atoms with Crippen LogP contribution in [0.5, 0.6) is 17.2 Å². The summed E-state index contributed by atoms with van der Waals surface area (Å²) >= 11 is 0. The van der Waals surface area contributed by atoms with E-state index >= 15 is 0 Å². The summed E-state index contributed by atoms with van der Waals surface area (Å²) in [5, 5.41) is 0.510. The normalized spacial score (nSPS) is 10.8. The second-order valence-corrected chi connectivity index (χ2v) is 5.99. The van der Waals surface area contributed by atoms with E-state index in [1.165, 1.54) is 0 Å². The van der Waals surface area contributed by atoms with Gasteiger partial charge in [-0.25, -0.2) is 4.98 Å². The van der Waals surface area contributed by atoms with Crippen molar-refractivity contribution in [3.8, 4) is 28.6 Å². The Balaban J connectivity index is 2.26. The predicted molar refractivity (Wildman–Crippen MR) is 105 cm³/mol. The highest BCUT2D eigenvalue weighted by Gasteiger charge is 2.15. The van der Waals surface area contributed by atoms with Gasteiger partial charge in [0.1, 0.15) is 11.6 Å². The lowest BCUT2D eigenvalue weighted by Crippen LogP contribution is -2.24. The van der Waals surface area contributed by atoms with Crippen LogP contribution < -0.4 is 25.5 Å². The third kappa shape index (κ3) is 3.59. The van der Waals surface area contributed by atoms with E-state index in [-0.39, 0.29) is 5.56 Å². The molecule has 0 bridgehead atoms. The molecule has 0 aliphatic carbocycles. The molecule has 0 unspecified atom stereocenters. The maximum atomic E-state index is 13.1. The summed E-state index contributed by atoms with van der Waals surface area (Å²) in [5.74, 6) is 2.37. The number of nitrogens with two attached hydrogens (primary N) is 1. The minimum absolute atomic E-state index is 0.128. The van der Waals surface area contributed by atoms with Crippen molar-refractivity contribution in [1.29, 1.82) is 0 Å². The Morgan fingerprint density at radius 2 is 1.78 bits per heavy atom. The molecule has 0 aliphatic rings. The topological polar surface area (TPSA) is 88.6 Å². The van der Waals surface area contributed by atoms with Crippen molar-refractivity contribution in [3.05, 3.63) is 46.8 Å². The van der Waals surface area contributed by atoms with E-state index in [4.69, 9.17) is 24.9 Å². The molecule has 3 aromatic rings. The lowest BCUT2D eigenvalue weighted by Gasteiger charge is -2.15. The zero-order valence-corrected chi connectivity index (χ0v) is 15.7. The molecule has 2 aromatic carbocycles. The Bertz CT molecular complexity index is 1010. The second kappa shape index (κ2) is 8.09. The fourth-order valence-corrected chi connectivity index (χ4v) is 2.98. The quantitative estimate of drug-likeness (QED) is 0.688. The van der Waals surface area contributed by atoms with E-state index in [0.717, 1.165) is 5.56 Å². The van der Waals surface area contributed by atoms with Crippen LogP contribution in [0.1, 0.15) is 6.42 Å². The fraction of sp³-hybridized carbons (Fsp3) is 0.300. The predicted octanol–water partition coefficient (Wildman–Crippen LogP) is 2.44. The highest BCUT2D eigenvalue weighted by molar-refractivity contribution is 5.81. The van der Waals surface area contributed by atoms with Crippen molar-refractivity contribution in [2.24, 2.45) is 5.73 Å². The van der Waals surface area contributed by atoms with Crippen molar-refractivity contribution in [1.82, 2.24) is 9.55 Å². The van der Waals surface area contributed by atoms with Crippen LogP contribution >= 0.6 is 0 Å². The van der Waals surface area contributed by atoms with Crippen LogP contribution in [0.3, 0.4) is 0 Å². The molecule has 0 aliphatic heterocycles. The van der Waals surface area contributed by atoms with E-state index in [2.05, 4.69) is 0 Å². The minimum Gasteiger partial charge on any atom is -0.497 e. The lowest BCUT2D eigenvalue weighted by molar-refractivity contribution is 0.355. The second-order valence-electron chi connectivity index (χ2n) is 5.99. The zero-order chi connectivity index (χ0) is 19.4. The SMILES string of the molecule is COc1ccc2nc(-c3ccc(OC)c(OC)c3)n(CCCN)c(=O)c2c1. The lowest BCUT2D eigenvalue weighted by atomic mass is 10.1. The fourth-order valence-electron chi connectivity index (χ4n) is 2.98. The van der Waals surface area contributed by atoms with Gasteiger partial charge >= 0.3 is 0 Å². The van der Waals surface area contributed by atoms with Crippen LogP contribution in [0.15, 0.2) is 41.2 Å². The van der Waals surface area contributed by atoms with Gasteiger partial charge < -0.3 is 19.9 Å². The highest BCUT2D eigenvalue weighted by Crippen LogP contribution is 2.32. The van der Waals surface area contributed by atoms with Gasteiger partial charge in [0.05, 0.1) is 32.2 Å². The maximum Gasteiger partial charge on any atom is 0.261 e. The molecule has 0 radical (unpaired) electrons. The number of nitrogens with zero attached hydrogens (tertiary/aromatic N) is 2. The van der Waals surface area contributed by atoms with Crippen molar-refractivity contribution < 1.29 is 14.2 Å². The Morgan fingerprint density at radius 1 is 1.00 bits per heavy atom. The largest absolute Gasteiger partial charge is 0.497 e. The molecule has 7 nitrogen and oxygen atoms in total. The number of hydrogen-bond acceptors (Lipinski definition) is 6. The first kappa shape index (κ1) is 18.7. The summed E-state index contributed by atoms with van der Waals surface area (Å²) in [4.78, 5) is 17.9. The van der Waals surface area contributed by atoms with Gasteiger partial charge in [-0.05, 0) is 49.4 Å². The van der Waals surface area contributed by atoms with E-state index < -0.39 is 0 Å². The monoisotopic (exact) mass is 369 g/mol. The van der Waals surface area contributed by atoms with Gasteiger partial charge in [-0.3, -0.25) is 9.36 Å². The van der Waals surface area contributed by atoms with Crippen molar-refractivity contribution in [2.75, 3.05) is 27.9 Å². The number of methoxy groups -OCH3 is 3. The molecule has 1 heterocycles. The third-order valence-corrected chi connectivity index (χ3v) is 4.39. The van der Waals surface area contributed by atoms with E-state index in [1.54, 1.807) is 50.2 Å². The van der Waals surface area contributed by atoms with Gasteiger partial charge in [-0.1, -0.05) is 0 Å². The van der Waals surface area contributed by atoms with E-state index in [1.807, 2.05) is 12.1 Å². The van der Waals surface area contributed by atoms with Gasteiger partial charge in [0.15, 0.2) is 11.5 Å². The number of benzene rings is 2. The Hall–Kier alpha value is -3.06. The standard InChI is InChI=1S/C20H23N3O4/c1-25-14-6-7-16-15(12-14)20(24)23(10-4-9-21)19(22-16)13-5-8-17(26-2)18(11-13)27-3/h5-8,11-12H,4,9-10,21H2,1-3H3. The molecular weight excluding hydrogens is 346 g/mol. The smallest absolute Gasteiger partial charge is 0.261 e. The summed E-state index contributed by atoms with van der Waals surface area (Å²) in [6.07, 6.45) is 0.664. The molecule has 0 atom stereocenters. The molecule has 0 fully saturated rings. The maximum absolute atomic E-state index is 13.1. The van der Waals surface area contributed by atoms with Crippen LogP contribution in [-0.2, 0) is 6.54 Å². The van der Waals surface area contributed by atoms with Gasteiger partial charge in [0, 0.05) is 12.1 Å². The molecule has 1 aromatic heterocycles. The Kier molecular flexibility index (Phi) is 5.61. The molecule has 3 rings (SSSR count). The van der Waals surface area contributed by atoms with Gasteiger partial charge in [0.25, 0.3) is 5.56 Å². The summed E-state index contributed by atoms with van der Waals surface area (Å²) < 4.78 is 17.6. The van der Waals surface area contributed by atoms with Crippen molar-refractivity contribution >= 4 is 10.9 Å². The van der Waals surface area contributed by atoms with Crippen molar-refractivity contribution in [2.45, 2.75) is 13.0 Å². The summed E-state index contributed by atoms with van der Waals surface area (Å²) in [6.45, 7) is 0.952. The van der Waals surface area contributed by atoms with Crippen molar-refractivity contribution in [3.63, 3.8) is 0 Å². The van der Waals surface area contributed by atoms with E-state index in [9.17, 15) is 4.79 Å². The van der Waals surface area contributed by atoms with Crippen LogP contribution in [0.25, 0.3) is 22.3 Å². The molecule has 2 N–H and O–H groups in total. The zero-order valence-electron chi connectivity index (χ0n) is 15.7. The van der Waals surface area contributed by atoms with E-state index in [0.29, 0.717) is 53.5 Å². The number of aromatic nitrogens is 2. The third-order valence-electron chi connectivity index (χ3n) is 4.39. The first-order valence-corrected chi connectivity index (χ1v) is 8.64. The first-order chi connectivity index (χ1) is 13.1. The van der Waals surface area contributed by atoms with Gasteiger partial charge in [-0.2, -0.15) is 0 Å². The molecule has 0 amide bonds. The molecule has 0 spiro atoms. The molecule has 0 saturated carbocycles. The molecular formula is C20H23N3O4. The average molecular weight is 369 g/mol. The summed E-state index contributed by atoms with van der Waals surface area (Å²) in [5.41, 5.74) is 6.91. The minimum atomic E-state index is -0.128. The van der Waals surface area contributed by atoms with Crippen LogP contribution in [0.4, 0.5) is 0 Å². The molecule has 0 saturated heterocycles. The van der Waals surface area contributed by atoms with Crippen LogP contribution in [0.2, 0.25) is 0 Å². The first-order valence-electron chi connectivity index (χ1n) is 8.64. The van der Waals surface area contributed by atoms with Crippen LogP contribution in [0, 0.1) is 0 Å². The number of ether oxygens (including phenoxy) is 3. The molecule has 142 valence electrons. The van der Waals surface area contributed by atoms with Crippen LogP contribution in [-0.4, -0.2) is 37.4 Å². The molecule has 27 heavy (non-hydrogen) atoms. The Labute approximate surface area is 157 Å². The van der Waals surface area contributed by atoms with Gasteiger partial charge in [0.2, 0.25) is 0 Å². The number of rotatable bonds is 7. The highest BCUT2D eigenvalue weighted by atomic mass is 16.5. The summed E-state index contributed by atoms with van der Waals surface area (Å²) in [6, 6.07) is 10.8. The molecule has 7 heteroatoms. The number of fused-ring (bicyclic) bond motifs is 1. The summed E-state index contributed by atoms with van der Waals surface area (Å²) in [7, 11) is 4.72. The Morgan fingerprint density at radius 3 is 2.44 bits per heavy atom. The van der Waals surface area contributed by atoms with Gasteiger partial charge in [-0.15, -0.1) is 0 Å². The average Bonchev–Trinajstić information content (AvgIpc) is 2.72. The number of hydrogen-bond donors (Lipinski definition) is 1.